The number of halogens is 2. The standard InChI is InChI=1S/C21H26ClNO3.ClH/c1-25-20-12-16-10-15(7-5-6-14(16)11-18(20)22)21(23)19(24)13-26-17-8-3-2-4-9-17;/h2-4,8-9,11-12,15,19,21,24H,5-7,10,13,23H2,1H3;1H. The van der Waals surface area contributed by atoms with Gasteiger partial charge in [-0.2, -0.15) is 0 Å². The number of aryl methyl sites for hydroxylation is 1. The van der Waals surface area contributed by atoms with Gasteiger partial charge in [0.1, 0.15) is 24.2 Å². The third-order valence-corrected chi connectivity index (χ3v) is 5.43. The molecule has 0 amide bonds. The number of aliphatic hydroxyl groups excluding tert-OH is 1. The molecule has 1 aliphatic rings. The van der Waals surface area contributed by atoms with Gasteiger partial charge in [0.25, 0.3) is 0 Å². The van der Waals surface area contributed by atoms with Crippen LogP contribution < -0.4 is 15.2 Å². The first kappa shape index (κ1) is 21.8. The quantitative estimate of drug-likeness (QED) is 0.704. The van der Waals surface area contributed by atoms with E-state index in [4.69, 9.17) is 26.8 Å². The third kappa shape index (κ3) is 5.52. The molecule has 0 bridgehead atoms. The van der Waals surface area contributed by atoms with Crippen LogP contribution in [0.4, 0.5) is 0 Å². The zero-order chi connectivity index (χ0) is 18.5. The van der Waals surface area contributed by atoms with Crippen molar-refractivity contribution in [1.82, 2.24) is 0 Å². The molecule has 4 nitrogen and oxygen atoms in total. The summed E-state index contributed by atoms with van der Waals surface area (Å²) >= 11 is 6.26. The molecule has 0 heterocycles. The Morgan fingerprint density at radius 3 is 2.67 bits per heavy atom. The number of hydrogen-bond acceptors (Lipinski definition) is 4. The van der Waals surface area contributed by atoms with Gasteiger partial charge in [-0.25, -0.2) is 0 Å². The first-order valence-corrected chi connectivity index (χ1v) is 9.43. The van der Waals surface area contributed by atoms with Crippen LogP contribution in [0.3, 0.4) is 0 Å². The van der Waals surface area contributed by atoms with Crippen LogP contribution in [0.5, 0.6) is 11.5 Å². The number of para-hydroxylation sites is 1. The highest BCUT2D eigenvalue weighted by molar-refractivity contribution is 6.32. The molecule has 6 heteroatoms. The molecule has 3 atom stereocenters. The van der Waals surface area contributed by atoms with Gasteiger partial charge in [-0.15, -0.1) is 12.4 Å². The third-order valence-electron chi connectivity index (χ3n) is 5.13. The van der Waals surface area contributed by atoms with Crippen molar-refractivity contribution in [3.8, 4) is 11.5 Å². The Bertz CT molecular complexity index is 727. The summed E-state index contributed by atoms with van der Waals surface area (Å²) in [6.45, 7) is 0.193. The molecule has 1 aliphatic carbocycles. The van der Waals surface area contributed by atoms with Crippen molar-refractivity contribution in [3.05, 3.63) is 58.6 Å². The van der Waals surface area contributed by atoms with E-state index in [-0.39, 0.29) is 31.0 Å². The maximum absolute atomic E-state index is 10.5. The number of hydrogen-bond donors (Lipinski definition) is 2. The molecule has 27 heavy (non-hydrogen) atoms. The van der Waals surface area contributed by atoms with Crippen molar-refractivity contribution in [2.45, 2.75) is 37.8 Å². The second kappa shape index (κ2) is 10.2. The lowest BCUT2D eigenvalue weighted by Crippen LogP contribution is -2.45. The predicted octanol–water partition coefficient (Wildman–Crippen LogP) is 4.03. The molecule has 3 unspecified atom stereocenters. The number of methoxy groups -OCH3 is 1. The van der Waals surface area contributed by atoms with Crippen LogP contribution in [0, 0.1) is 5.92 Å². The fraction of sp³-hybridized carbons (Fsp3) is 0.429. The van der Waals surface area contributed by atoms with Crippen molar-refractivity contribution in [3.63, 3.8) is 0 Å². The van der Waals surface area contributed by atoms with Gasteiger partial charge in [-0.05, 0) is 67.0 Å². The Balaban J connectivity index is 0.00000261. The summed E-state index contributed by atoms with van der Waals surface area (Å²) in [5.74, 6) is 1.62. The molecule has 0 fully saturated rings. The Hall–Kier alpha value is -1.46. The van der Waals surface area contributed by atoms with Crippen LogP contribution in [0.15, 0.2) is 42.5 Å². The minimum absolute atomic E-state index is 0. The van der Waals surface area contributed by atoms with E-state index >= 15 is 0 Å². The van der Waals surface area contributed by atoms with Crippen LogP contribution >= 0.6 is 24.0 Å². The summed E-state index contributed by atoms with van der Waals surface area (Å²) in [5, 5.41) is 11.2. The SMILES string of the molecule is COc1cc2c(cc1Cl)CCCC(C(N)C(O)COc1ccccc1)C2.Cl. The zero-order valence-corrected chi connectivity index (χ0v) is 17.0. The Kier molecular flexibility index (Phi) is 8.24. The lowest BCUT2D eigenvalue weighted by molar-refractivity contribution is 0.0645. The van der Waals surface area contributed by atoms with E-state index in [0.29, 0.717) is 10.8 Å². The second-order valence-corrected chi connectivity index (χ2v) is 7.29. The molecule has 0 aliphatic heterocycles. The van der Waals surface area contributed by atoms with E-state index in [1.807, 2.05) is 42.5 Å². The van der Waals surface area contributed by atoms with Gasteiger partial charge >= 0.3 is 0 Å². The first-order chi connectivity index (χ1) is 12.6. The molecule has 3 N–H and O–H groups in total. The van der Waals surface area contributed by atoms with Gasteiger partial charge in [0.2, 0.25) is 0 Å². The lowest BCUT2D eigenvalue weighted by Gasteiger charge is -2.27. The Labute approximate surface area is 172 Å². The number of aliphatic hydroxyl groups is 1. The minimum Gasteiger partial charge on any atom is -0.495 e. The van der Waals surface area contributed by atoms with E-state index < -0.39 is 6.10 Å². The van der Waals surface area contributed by atoms with E-state index in [9.17, 15) is 5.11 Å². The molecule has 0 spiro atoms. The molecular formula is C21H27Cl2NO3. The van der Waals surface area contributed by atoms with Crippen LogP contribution in [0.1, 0.15) is 24.0 Å². The van der Waals surface area contributed by atoms with E-state index in [1.54, 1.807) is 7.11 Å². The van der Waals surface area contributed by atoms with Crippen molar-refractivity contribution < 1.29 is 14.6 Å². The van der Waals surface area contributed by atoms with Gasteiger partial charge in [-0.1, -0.05) is 29.8 Å². The average Bonchev–Trinajstić information content (AvgIpc) is 2.87. The van der Waals surface area contributed by atoms with Crippen molar-refractivity contribution in [2.75, 3.05) is 13.7 Å². The smallest absolute Gasteiger partial charge is 0.137 e. The van der Waals surface area contributed by atoms with E-state index in [2.05, 4.69) is 0 Å². The van der Waals surface area contributed by atoms with Gasteiger partial charge in [-0.3, -0.25) is 0 Å². The highest BCUT2D eigenvalue weighted by atomic mass is 35.5. The summed E-state index contributed by atoms with van der Waals surface area (Å²) in [4.78, 5) is 0. The summed E-state index contributed by atoms with van der Waals surface area (Å²) in [7, 11) is 1.62. The molecule has 2 aromatic carbocycles. The normalized spacial score (nSPS) is 18.4. The summed E-state index contributed by atoms with van der Waals surface area (Å²) in [5.41, 5.74) is 8.85. The van der Waals surface area contributed by atoms with Crippen molar-refractivity contribution >= 4 is 24.0 Å². The summed E-state index contributed by atoms with van der Waals surface area (Å²) in [6.07, 6.45) is 3.07. The number of ether oxygens (including phenoxy) is 2. The van der Waals surface area contributed by atoms with E-state index in [1.165, 1.54) is 11.1 Å². The number of nitrogens with two attached hydrogens (primary N) is 1. The molecule has 2 aromatic rings. The van der Waals surface area contributed by atoms with Gasteiger partial charge in [0.15, 0.2) is 0 Å². The fourth-order valence-corrected chi connectivity index (χ4v) is 3.87. The highest BCUT2D eigenvalue weighted by Gasteiger charge is 2.28. The lowest BCUT2D eigenvalue weighted by atomic mass is 9.87. The Morgan fingerprint density at radius 2 is 1.96 bits per heavy atom. The van der Waals surface area contributed by atoms with Crippen LogP contribution in [-0.2, 0) is 12.8 Å². The minimum atomic E-state index is -0.712. The molecular weight excluding hydrogens is 385 g/mol. The number of fused-ring (bicyclic) bond motifs is 1. The molecule has 0 radical (unpaired) electrons. The van der Waals surface area contributed by atoms with E-state index in [0.717, 1.165) is 31.4 Å². The summed E-state index contributed by atoms with van der Waals surface area (Å²) in [6, 6.07) is 13.1. The average molecular weight is 412 g/mol. The van der Waals surface area contributed by atoms with Gasteiger partial charge in [0, 0.05) is 6.04 Å². The first-order valence-electron chi connectivity index (χ1n) is 9.05. The van der Waals surface area contributed by atoms with Crippen molar-refractivity contribution in [1.29, 1.82) is 0 Å². The van der Waals surface area contributed by atoms with Crippen LogP contribution in [0.25, 0.3) is 0 Å². The second-order valence-electron chi connectivity index (χ2n) is 6.88. The highest BCUT2D eigenvalue weighted by Crippen LogP contribution is 2.34. The van der Waals surface area contributed by atoms with Crippen molar-refractivity contribution in [2.24, 2.45) is 11.7 Å². The maximum Gasteiger partial charge on any atom is 0.137 e. The maximum atomic E-state index is 10.5. The largest absolute Gasteiger partial charge is 0.495 e. The zero-order valence-electron chi connectivity index (χ0n) is 15.4. The van der Waals surface area contributed by atoms with Gasteiger partial charge < -0.3 is 20.3 Å². The number of benzene rings is 2. The molecule has 3 rings (SSSR count). The predicted molar refractivity (Wildman–Crippen MR) is 111 cm³/mol. The monoisotopic (exact) mass is 411 g/mol. The van der Waals surface area contributed by atoms with Crippen LogP contribution in [-0.4, -0.2) is 31.0 Å². The topological polar surface area (TPSA) is 64.7 Å². The molecule has 148 valence electrons. The molecule has 0 aromatic heterocycles. The Morgan fingerprint density at radius 1 is 1.22 bits per heavy atom. The van der Waals surface area contributed by atoms with Gasteiger partial charge in [0.05, 0.1) is 12.1 Å². The summed E-state index contributed by atoms with van der Waals surface area (Å²) < 4.78 is 11.0. The van der Waals surface area contributed by atoms with Crippen LogP contribution in [0.2, 0.25) is 5.02 Å². The fourth-order valence-electron chi connectivity index (χ4n) is 3.61. The molecule has 0 saturated carbocycles. The number of rotatable bonds is 6. The molecule has 0 saturated heterocycles.